The highest BCUT2D eigenvalue weighted by Gasteiger charge is 2.25. The summed E-state index contributed by atoms with van der Waals surface area (Å²) in [5.41, 5.74) is 3.77. The Morgan fingerprint density at radius 1 is 1.00 bits per heavy atom. The van der Waals surface area contributed by atoms with Gasteiger partial charge in [0.2, 0.25) is 10.0 Å². The van der Waals surface area contributed by atoms with E-state index in [1.54, 1.807) is 48.7 Å². The van der Waals surface area contributed by atoms with Crippen molar-refractivity contribution in [2.24, 2.45) is 5.84 Å². The van der Waals surface area contributed by atoms with Gasteiger partial charge < -0.3 is 0 Å². The van der Waals surface area contributed by atoms with Crippen molar-refractivity contribution in [1.29, 1.82) is 0 Å². The van der Waals surface area contributed by atoms with Gasteiger partial charge in [-0.05, 0) is 54.1 Å². The molecule has 0 aliphatic carbocycles. The van der Waals surface area contributed by atoms with Crippen LogP contribution in [0.25, 0.3) is 0 Å². The molecule has 29 heavy (non-hydrogen) atoms. The molecule has 1 aromatic heterocycles. The number of aromatic nitrogens is 1. The summed E-state index contributed by atoms with van der Waals surface area (Å²) in [6, 6.07) is 17.9. The number of nitrogens with two attached hydrogens (primary N) is 1. The lowest BCUT2D eigenvalue weighted by molar-refractivity contribution is 0.0953. The van der Waals surface area contributed by atoms with Gasteiger partial charge >= 0.3 is 0 Å². The monoisotopic (exact) mass is 430 g/mol. The molecule has 0 atom stereocenters. The first-order valence-electron chi connectivity index (χ1n) is 8.65. The van der Waals surface area contributed by atoms with Gasteiger partial charge in [-0.25, -0.2) is 14.3 Å². The molecule has 3 aromatic rings. The Balaban J connectivity index is 1.92. The summed E-state index contributed by atoms with van der Waals surface area (Å²) in [7, 11) is -3.81. The number of nitrogen functional groups attached to an aromatic ring is 1. The predicted octanol–water partition coefficient (Wildman–Crippen LogP) is 2.73. The molecule has 0 aliphatic rings. The van der Waals surface area contributed by atoms with Crippen molar-refractivity contribution < 1.29 is 13.2 Å². The van der Waals surface area contributed by atoms with Crippen LogP contribution in [0.2, 0.25) is 5.02 Å². The highest BCUT2D eigenvalue weighted by Crippen LogP contribution is 2.22. The van der Waals surface area contributed by atoms with Crippen molar-refractivity contribution in [2.45, 2.75) is 18.0 Å². The van der Waals surface area contributed by atoms with Crippen molar-refractivity contribution in [3.05, 3.63) is 94.8 Å². The Morgan fingerprint density at radius 2 is 1.69 bits per heavy atom. The summed E-state index contributed by atoms with van der Waals surface area (Å²) in [4.78, 5) is 16.0. The SMILES string of the molecule is NNC(=O)c1ccc(CN(Cc2ccccn2)S(=O)(=O)c2ccc(Cl)cc2)cc1. The molecule has 0 bridgehead atoms. The number of carbonyl (C=O) groups is 1. The van der Waals surface area contributed by atoms with E-state index >= 15 is 0 Å². The molecule has 9 heteroatoms. The van der Waals surface area contributed by atoms with Crippen LogP contribution >= 0.6 is 11.6 Å². The quantitative estimate of drug-likeness (QED) is 0.340. The minimum atomic E-state index is -3.81. The highest BCUT2D eigenvalue weighted by molar-refractivity contribution is 7.89. The number of nitrogens with zero attached hydrogens (tertiary/aromatic N) is 2. The number of hydrogen-bond donors (Lipinski definition) is 2. The maximum atomic E-state index is 13.2. The van der Waals surface area contributed by atoms with Crippen LogP contribution in [0.1, 0.15) is 21.6 Å². The van der Waals surface area contributed by atoms with Crippen LogP contribution in [-0.4, -0.2) is 23.6 Å². The van der Waals surface area contributed by atoms with Gasteiger partial charge in [-0.1, -0.05) is 29.8 Å². The molecule has 1 amide bonds. The third-order valence-electron chi connectivity index (χ3n) is 4.22. The summed E-state index contributed by atoms with van der Waals surface area (Å²) in [5, 5.41) is 0.453. The maximum absolute atomic E-state index is 13.2. The van der Waals surface area contributed by atoms with Gasteiger partial charge in [-0.15, -0.1) is 0 Å². The second-order valence-corrected chi connectivity index (χ2v) is 8.59. The molecule has 150 valence electrons. The van der Waals surface area contributed by atoms with E-state index in [0.29, 0.717) is 21.8 Å². The first-order chi connectivity index (χ1) is 13.9. The summed E-state index contributed by atoms with van der Waals surface area (Å²) >= 11 is 5.89. The second-order valence-electron chi connectivity index (χ2n) is 6.22. The third-order valence-corrected chi connectivity index (χ3v) is 6.28. The average Bonchev–Trinajstić information content (AvgIpc) is 2.74. The normalized spacial score (nSPS) is 11.4. The summed E-state index contributed by atoms with van der Waals surface area (Å²) in [6.07, 6.45) is 1.61. The van der Waals surface area contributed by atoms with E-state index in [1.807, 2.05) is 0 Å². The van der Waals surface area contributed by atoms with Gasteiger partial charge in [-0.3, -0.25) is 15.2 Å². The molecule has 2 aromatic carbocycles. The van der Waals surface area contributed by atoms with Crippen molar-refractivity contribution in [1.82, 2.24) is 14.7 Å². The number of sulfonamides is 1. The molecule has 0 saturated heterocycles. The summed E-state index contributed by atoms with van der Waals surface area (Å²) in [5.74, 6) is 4.72. The van der Waals surface area contributed by atoms with Gasteiger partial charge in [0.05, 0.1) is 17.1 Å². The fourth-order valence-electron chi connectivity index (χ4n) is 2.70. The van der Waals surface area contributed by atoms with Crippen LogP contribution in [0.4, 0.5) is 0 Å². The zero-order chi connectivity index (χ0) is 20.9. The molecule has 7 nitrogen and oxygen atoms in total. The zero-order valence-electron chi connectivity index (χ0n) is 15.3. The van der Waals surface area contributed by atoms with Crippen LogP contribution in [-0.2, 0) is 23.1 Å². The van der Waals surface area contributed by atoms with E-state index in [4.69, 9.17) is 17.4 Å². The standard InChI is InChI=1S/C20H19ClN4O3S/c21-17-8-10-19(11-9-17)29(27,28)25(14-18-3-1-2-12-23-18)13-15-4-6-16(7-5-15)20(26)24-22/h1-12H,13-14,22H2,(H,24,26). The molecule has 3 rings (SSSR count). The third kappa shape index (κ3) is 5.18. The summed E-state index contributed by atoms with van der Waals surface area (Å²) in [6.45, 7) is 0.197. The van der Waals surface area contributed by atoms with Crippen LogP contribution in [0.5, 0.6) is 0 Å². The Morgan fingerprint density at radius 3 is 2.28 bits per heavy atom. The van der Waals surface area contributed by atoms with E-state index in [2.05, 4.69) is 10.4 Å². The van der Waals surface area contributed by atoms with Crippen molar-refractivity contribution in [3.8, 4) is 0 Å². The number of rotatable bonds is 7. The minimum absolute atomic E-state index is 0.0941. The molecule has 0 radical (unpaired) electrons. The molecule has 0 saturated carbocycles. The lowest BCUT2D eigenvalue weighted by Gasteiger charge is -2.22. The molecule has 0 unspecified atom stereocenters. The van der Waals surface area contributed by atoms with E-state index in [9.17, 15) is 13.2 Å². The van der Waals surface area contributed by atoms with E-state index in [0.717, 1.165) is 0 Å². The van der Waals surface area contributed by atoms with Gasteiger partial charge in [0.1, 0.15) is 0 Å². The number of pyridine rings is 1. The first-order valence-corrected chi connectivity index (χ1v) is 10.5. The minimum Gasteiger partial charge on any atom is -0.290 e. The predicted molar refractivity (Wildman–Crippen MR) is 110 cm³/mol. The van der Waals surface area contributed by atoms with Crippen molar-refractivity contribution in [3.63, 3.8) is 0 Å². The highest BCUT2D eigenvalue weighted by atomic mass is 35.5. The lowest BCUT2D eigenvalue weighted by Crippen LogP contribution is -2.31. The van der Waals surface area contributed by atoms with E-state index in [-0.39, 0.29) is 18.0 Å². The molecule has 3 N–H and O–H groups in total. The van der Waals surface area contributed by atoms with Crippen LogP contribution in [0.3, 0.4) is 0 Å². The number of nitrogens with one attached hydrogen (secondary N) is 1. The van der Waals surface area contributed by atoms with Crippen LogP contribution < -0.4 is 11.3 Å². The van der Waals surface area contributed by atoms with Gasteiger partial charge in [-0.2, -0.15) is 4.31 Å². The number of amides is 1. The number of benzene rings is 2. The van der Waals surface area contributed by atoms with Gasteiger partial charge in [0.15, 0.2) is 0 Å². The van der Waals surface area contributed by atoms with E-state index < -0.39 is 15.9 Å². The van der Waals surface area contributed by atoms with Crippen LogP contribution in [0.15, 0.2) is 77.8 Å². The zero-order valence-corrected chi connectivity index (χ0v) is 16.9. The van der Waals surface area contributed by atoms with Crippen molar-refractivity contribution >= 4 is 27.5 Å². The fourth-order valence-corrected chi connectivity index (χ4v) is 4.23. The Kier molecular flexibility index (Phi) is 6.60. The number of carbonyl (C=O) groups excluding carboxylic acids is 1. The maximum Gasteiger partial charge on any atom is 0.265 e. The number of hydrogen-bond acceptors (Lipinski definition) is 5. The average molecular weight is 431 g/mol. The van der Waals surface area contributed by atoms with Crippen molar-refractivity contribution in [2.75, 3.05) is 0 Å². The Hall–Kier alpha value is -2.78. The topological polar surface area (TPSA) is 105 Å². The molecular weight excluding hydrogens is 412 g/mol. The Labute approximate surface area is 174 Å². The first kappa shape index (κ1) is 20.9. The lowest BCUT2D eigenvalue weighted by atomic mass is 10.1. The number of hydrazine groups is 1. The summed E-state index contributed by atoms with van der Waals surface area (Å²) < 4.78 is 27.8. The molecule has 1 heterocycles. The largest absolute Gasteiger partial charge is 0.290 e. The smallest absolute Gasteiger partial charge is 0.265 e. The number of halogens is 1. The molecule has 0 spiro atoms. The second kappa shape index (κ2) is 9.15. The van der Waals surface area contributed by atoms with E-state index in [1.165, 1.54) is 28.6 Å². The van der Waals surface area contributed by atoms with Crippen LogP contribution in [0, 0.1) is 0 Å². The molecule has 0 aliphatic heterocycles. The fraction of sp³-hybridized carbons (Fsp3) is 0.100. The van der Waals surface area contributed by atoms with Gasteiger partial charge in [0, 0.05) is 23.3 Å². The molecular formula is C20H19ClN4O3S. The van der Waals surface area contributed by atoms with Gasteiger partial charge in [0.25, 0.3) is 5.91 Å². The molecule has 0 fully saturated rings. The Bertz CT molecular complexity index is 1070.